The number of benzene rings is 2. The van der Waals surface area contributed by atoms with Crippen molar-refractivity contribution >= 4 is 5.69 Å². The van der Waals surface area contributed by atoms with E-state index >= 15 is 0 Å². The van der Waals surface area contributed by atoms with Gasteiger partial charge in [0.05, 0.1) is 6.61 Å². The highest BCUT2D eigenvalue weighted by Crippen LogP contribution is 2.37. The van der Waals surface area contributed by atoms with Crippen LogP contribution >= 0.6 is 0 Å². The van der Waals surface area contributed by atoms with Crippen LogP contribution in [0.15, 0.2) is 42.5 Å². The molecule has 2 atom stereocenters. The SMILES string of the molecule is CCCCCN1CC[C@H](c2ccc(N(C)C)cc2)[C@@H](COc2ccc3c(c2)OCO3)C1. The maximum atomic E-state index is 6.29. The van der Waals surface area contributed by atoms with Gasteiger partial charge in [0.25, 0.3) is 0 Å². The van der Waals surface area contributed by atoms with Crippen molar-refractivity contribution in [2.75, 3.05) is 52.0 Å². The van der Waals surface area contributed by atoms with Gasteiger partial charge in [-0.2, -0.15) is 0 Å². The summed E-state index contributed by atoms with van der Waals surface area (Å²) < 4.78 is 17.2. The standard InChI is InChI=1S/C26H36N2O3/c1-4-5-6-14-28-15-13-24(20-7-9-22(10-8-20)27(2)3)21(17-28)18-29-23-11-12-25-26(16-23)31-19-30-25/h7-12,16,21,24H,4-6,13-15,17-19H2,1-3H3/t21-,24-/m1/s1. The molecule has 4 rings (SSSR count). The van der Waals surface area contributed by atoms with Crippen LogP contribution in [0.25, 0.3) is 0 Å². The van der Waals surface area contributed by atoms with E-state index in [1.807, 2.05) is 18.2 Å². The second kappa shape index (κ2) is 10.3. The lowest BCUT2D eigenvalue weighted by Gasteiger charge is -2.39. The molecule has 2 aliphatic heterocycles. The molecular weight excluding hydrogens is 388 g/mol. The number of likely N-dealkylation sites (tertiary alicyclic amines) is 1. The van der Waals surface area contributed by atoms with E-state index < -0.39 is 0 Å². The summed E-state index contributed by atoms with van der Waals surface area (Å²) >= 11 is 0. The third-order valence-corrected chi connectivity index (χ3v) is 6.54. The predicted molar refractivity (Wildman–Crippen MR) is 126 cm³/mol. The van der Waals surface area contributed by atoms with Crippen LogP contribution in [0, 0.1) is 5.92 Å². The minimum absolute atomic E-state index is 0.291. The van der Waals surface area contributed by atoms with Crippen LogP contribution in [0.5, 0.6) is 17.2 Å². The van der Waals surface area contributed by atoms with Gasteiger partial charge in [-0.15, -0.1) is 0 Å². The van der Waals surface area contributed by atoms with E-state index in [4.69, 9.17) is 14.2 Å². The molecule has 0 aliphatic carbocycles. The van der Waals surface area contributed by atoms with E-state index in [-0.39, 0.29) is 0 Å². The van der Waals surface area contributed by atoms with Crippen molar-refractivity contribution in [2.45, 2.75) is 38.5 Å². The van der Waals surface area contributed by atoms with E-state index in [2.05, 4.69) is 55.1 Å². The Morgan fingerprint density at radius 2 is 1.84 bits per heavy atom. The van der Waals surface area contributed by atoms with Crippen molar-refractivity contribution < 1.29 is 14.2 Å². The molecule has 2 heterocycles. The number of anilines is 1. The normalized spacial score (nSPS) is 20.6. The van der Waals surface area contributed by atoms with Gasteiger partial charge < -0.3 is 24.0 Å². The minimum atomic E-state index is 0.291. The highest BCUT2D eigenvalue weighted by atomic mass is 16.7. The summed E-state index contributed by atoms with van der Waals surface area (Å²) in [6.07, 6.45) is 5.05. The Kier molecular flexibility index (Phi) is 7.23. The second-order valence-corrected chi connectivity index (χ2v) is 8.97. The fourth-order valence-corrected chi connectivity index (χ4v) is 4.69. The maximum absolute atomic E-state index is 6.29. The molecule has 1 saturated heterocycles. The molecule has 1 fully saturated rings. The van der Waals surface area contributed by atoms with Crippen LogP contribution in [0.4, 0.5) is 5.69 Å². The zero-order valence-corrected chi connectivity index (χ0v) is 19.2. The summed E-state index contributed by atoms with van der Waals surface area (Å²) in [6, 6.07) is 15.0. The molecule has 2 aromatic carbocycles. The van der Waals surface area contributed by atoms with Gasteiger partial charge in [-0.1, -0.05) is 31.9 Å². The first-order valence-electron chi connectivity index (χ1n) is 11.7. The number of hydrogen-bond donors (Lipinski definition) is 0. The molecule has 0 bridgehead atoms. The highest BCUT2D eigenvalue weighted by molar-refractivity contribution is 5.47. The molecule has 0 N–H and O–H groups in total. The number of piperidine rings is 1. The second-order valence-electron chi connectivity index (χ2n) is 8.97. The van der Waals surface area contributed by atoms with Gasteiger partial charge >= 0.3 is 0 Å². The van der Waals surface area contributed by atoms with Gasteiger partial charge in [0.2, 0.25) is 6.79 Å². The van der Waals surface area contributed by atoms with E-state index in [1.54, 1.807) is 0 Å². The fourth-order valence-electron chi connectivity index (χ4n) is 4.69. The molecule has 5 heteroatoms. The Bertz CT molecular complexity index is 837. The summed E-state index contributed by atoms with van der Waals surface area (Å²) in [4.78, 5) is 4.79. The smallest absolute Gasteiger partial charge is 0.231 e. The monoisotopic (exact) mass is 424 g/mol. The molecular formula is C26H36N2O3. The van der Waals surface area contributed by atoms with Crippen LogP contribution in [0.2, 0.25) is 0 Å². The molecule has 5 nitrogen and oxygen atoms in total. The van der Waals surface area contributed by atoms with Crippen LogP contribution < -0.4 is 19.1 Å². The first kappa shape index (κ1) is 21.8. The van der Waals surface area contributed by atoms with E-state index in [0.29, 0.717) is 25.2 Å². The molecule has 0 spiro atoms. The molecule has 2 aliphatic rings. The van der Waals surface area contributed by atoms with Gasteiger partial charge in [-0.3, -0.25) is 0 Å². The zero-order chi connectivity index (χ0) is 21.6. The lowest BCUT2D eigenvalue weighted by Crippen LogP contribution is -2.42. The van der Waals surface area contributed by atoms with Crippen molar-refractivity contribution in [2.24, 2.45) is 5.92 Å². The average Bonchev–Trinajstić information content (AvgIpc) is 3.26. The summed E-state index contributed by atoms with van der Waals surface area (Å²) in [5.41, 5.74) is 2.67. The lowest BCUT2D eigenvalue weighted by molar-refractivity contribution is 0.109. The lowest BCUT2D eigenvalue weighted by atomic mass is 9.80. The van der Waals surface area contributed by atoms with E-state index in [1.165, 1.54) is 50.0 Å². The molecule has 0 radical (unpaired) electrons. The number of unbranched alkanes of at least 4 members (excludes halogenated alkanes) is 2. The molecule has 0 amide bonds. The first-order valence-corrected chi connectivity index (χ1v) is 11.7. The first-order chi connectivity index (χ1) is 15.1. The molecule has 168 valence electrons. The van der Waals surface area contributed by atoms with Crippen molar-refractivity contribution in [1.82, 2.24) is 4.90 Å². The molecule has 0 unspecified atom stereocenters. The number of hydrogen-bond acceptors (Lipinski definition) is 5. The van der Waals surface area contributed by atoms with Gasteiger partial charge in [0.1, 0.15) is 5.75 Å². The van der Waals surface area contributed by atoms with Crippen LogP contribution in [-0.2, 0) is 0 Å². The Morgan fingerprint density at radius 3 is 2.61 bits per heavy atom. The molecule has 0 aromatic heterocycles. The Balaban J connectivity index is 1.45. The quantitative estimate of drug-likeness (QED) is 0.520. The van der Waals surface area contributed by atoms with Crippen LogP contribution in [0.3, 0.4) is 0 Å². The Morgan fingerprint density at radius 1 is 1.03 bits per heavy atom. The predicted octanol–water partition coefficient (Wildman–Crippen LogP) is 5.16. The van der Waals surface area contributed by atoms with E-state index in [0.717, 1.165) is 23.8 Å². The van der Waals surface area contributed by atoms with E-state index in [9.17, 15) is 0 Å². The van der Waals surface area contributed by atoms with Gasteiger partial charge in [0.15, 0.2) is 11.5 Å². The Labute approximate surface area is 186 Å². The van der Waals surface area contributed by atoms with Crippen molar-refractivity contribution in [1.29, 1.82) is 0 Å². The molecule has 31 heavy (non-hydrogen) atoms. The third-order valence-electron chi connectivity index (χ3n) is 6.54. The molecule has 0 saturated carbocycles. The number of fused-ring (bicyclic) bond motifs is 1. The number of nitrogens with zero attached hydrogens (tertiary/aromatic N) is 2. The minimum Gasteiger partial charge on any atom is -0.493 e. The summed E-state index contributed by atoms with van der Waals surface area (Å²) in [6.45, 7) is 6.73. The van der Waals surface area contributed by atoms with Gasteiger partial charge in [-0.05, 0) is 61.7 Å². The zero-order valence-electron chi connectivity index (χ0n) is 19.2. The third kappa shape index (κ3) is 5.45. The summed E-state index contributed by atoms with van der Waals surface area (Å²) in [7, 11) is 4.18. The maximum Gasteiger partial charge on any atom is 0.231 e. The topological polar surface area (TPSA) is 34.2 Å². The fraction of sp³-hybridized carbons (Fsp3) is 0.538. The van der Waals surface area contributed by atoms with Crippen LogP contribution in [0.1, 0.15) is 44.1 Å². The van der Waals surface area contributed by atoms with Crippen molar-refractivity contribution in [3.8, 4) is 17.2 Å². The number of rotatable bonds is 9. The number of ether oxygens (including phenoxy) is 3. The van der Waals surface area contributed by atoms with Crippen molar-refractivity contribution in [3.63, 3.8) is 0 Å². The Hall–Kier alpha value is -2.40. The molecule has 2 aromatic rings. The highest BCUT2D eigenvalue weighted by Gasteiger charge is 2.31. The summed E-state index contributed by atoms with van der Waals surface area (Å²) in [5, 5.41) is 0. The van der Waals surface area contributed by atoms with Crippen molar-refractivity contribution in [3.05, 3.63) is 48.0 Å². The largest absolute Gasteiger partial charge is 0.493 e. The van der Waals surface area contributed by atoms with Crippen LogP contribution in [-0.4, -0.2) is 52.0 Å². The van der Waals surface area contributed by atoms with Gasteiger partial charge in [-0.25, -0.2) is 0 Å². The average molecular weight is 425 g/mol. The summed E-state index contributed by atoms with van der Waals surface area (Å²) in [5.74, 6) is 3.41. The van der Waals surface area contributed by atoms with Gasteiger partial charge in [0, 0.05) is 38.3 Å².